The van der Waals surface area contributed by atoms with Crippen LogP contribution in [0.2, 0.25) is 0 Å². The number of benzene rings is 4. The standard InChI is InChI=1S/C29H28N4O3.ClH/c30-28(31)22-11-14-24(15-12-22)33(18-20-7-3-1-4-8-20)27(29(32)35)23-13-16-25(34)26(17-23)36-19-21-9-5-2-6-10-21;/h1-17,27,34H,18-19H2,(H3,30,31)(H2,32,35);1H. The molecule has 4 rings (SSSR count). The van der Waals surface area contributed by atoms with Crippen LogP contribution in [0.4, 0.5) is 5.69 Å². The first-order valence-corrected chi connectivity index (χ1v) is 11.5. The Morgan fingerprint density at radius 1 is 0.865 bits per heavy atom. The molecular weight excluding hydrogens is 488 g/mol. The molecule has 0 heterocycles. The van der Waals surface area contributed by atoms with Gasteiger partial charge in [0.1, 0.15) is 18.5 Å². The van der Waals surface area contributed by atoms with Crippen molar-refractivity contribution in [2.24, 2.45) is 11.5 Å². The molecule has 0 spiro atoms. The molecule has 0 aliphatic heterocycles. The number of nitrogen functional groups attached to an aromatic ring is 1. The van der Waals surface area contributed by atoms with Gasteiger partial charge in [-0.3, -0.25) is 10.2 Å². The number of halogens is 1. The number of amidine groups is 1. The predicted molar refractivity (Wildman–Crippen MR) is 148 cm³/mol. The number of hydrogen-bond acceptors (Lipinski definition) is 5. The van der Waals surface area contributed by atoms with Crippen LogP contribution in [0.3, 0.4) is 0 Å². The number of phenols is 1. The summed E-state index contributed by atoms with van der Waals surface area (Å²) in [6.07, 6.45) is 0. The Labute approximate surface area is 222 Å². The van der Waals surface area contributed by atoms with Gasteiger partial charge in [0.05, 0.1) is 0 Å². The first-order chi connectivity index (χ1) is 17.4. The van der Waals surface area contributed by atoms with Gasteiger partial charge in [0.2, 0.25) is 5.91 Å². The van der Waals surface area contributed by atoms with Crippen molar-refractivity contribution in [2.75, 3.05) is 4.90 Å². The average molecular weight is 517 g/mol. The van der Waals surface area contributed by atoms with Gasteiger partial charge >= 0.3 is 0 Å². The van der Waals surface area contributed by atoms with E-state index in [1.807, 2.05) is 77.7 Å². The first-order valence-electron chi connectivity index (χ1n) is 11.5. The number of nitrogens with two attached hydrogens (primary N) is 2. The van der Waals surface area contributed by atoms with Gasteiger partial charge in [-0.15, -0.1) is 12.4 Å². The molecule has 4 aromatic carbocycles. The highest BCUT2D eigenvalue weighted by atomic mass is 35.5. The molecule has 37 heavy (non-hydrogen) atoms. The van der Waals surface area contributed by atoms with Gasteiger partial charge in [0, 0.05) is 17.8 Å². The van der Waals surface area contributed by atoms with E-state index in [0.717, 1.165) is 16.8 Å². The molecule has 0 aliphatic carbocycles. The quantitative estimate of drug-likeness (QED) is 0.176. The molecule has 0 saturated carbocycles. The van der Waals surface area contributed by atoms with Crippen LogP contribution < -0.4 is 21.1 Å². The lowest BCUT2D eigenvalue weighted by Crippen LogP contribution is -2.37. The van der Waals surface area contributed by atoms with Crippen molar-refractivity contribution < 1.29 is 14.6 Å². The maximum Gasteiger partial charge on any atom is 0.244 e. The Morgan fingerprint density at radius 2 is 1.46 bits per heavy atom. The summed E-state index contributed by atoms with van der Waals surface area (Å²) in [6.45, 7) is 0.661. The molecule has 0 bridgehead atoms. The Bertz CT molecular complexity index is 1330. The first kappa shape index (κ1) is 27.1. The van der Waals surface area contributed by atoms with Crippen LogP contribution in [0.15, 0.2) is 103 Å². The summed E-state index contributed by atoms with van der Waals surface area (Å²) < 4.78 is 5.88. The van der Waals surface area contributed by atoms with Gasteiger partial charge in [-0.05, 0) is 53.1 Å². The highest BCUT2D eigenvalue weighted by Gasteiger charge is 2.27. The molecule has 0 aromatic heterocycles. The summed E-state index contributed by atoms with van der Waals surface area (Å²) >= 11 is 0. The predicted octanol–water partition coefficient (Wildman–Crippen LogP) is 4.91. The third kappa shape index (κ3) is 6.80. The smallest absolute Gasteiger partial charge is 0.244 e. The number of amides is 1. The maximum atomic E-state index is 12.9. The van der Waals surface area contributed by atoms with E-state index in [9.17, 15) is 9.90 Å². The van der Waals surface area contributed by atoms with Crippen LogP contribution in [0.5, 0.6) is 11.5 Å². The highest BCUT2D eigenvalue weighted by molar-refractivity contribution is 5.95. The molecule has 4 aromatic rings. The monoisotopic (exact) mass is 516 g/mol. The number of carbonyl (C=O) groups is 1. The van der Waals surface area contributed by atoms with Gasteiger partial charge < -0.3 is 26.2 Å². The third-order valence-electron chi connectivity index (χ3n) is 5.82. The lowest BCUT2D eigenvalue weighted by molar-refractivity contribution is -0.119. The van der Waals surface area contributed by atoms with Crippen LogP contribution in [-0.2, 0) is 17.9 Å². The Hall–Kier alpha value is -4.49. The van der Waals surface area contributed by atoms with E-state index in [2.05, 4.69) is 0 Å². The van der Waals surface area contributed by atoms with Gasteiger partial charge in [-0.1, -0.05) is 66.7 Å². The Kier molecular flexibility index (Phi) is 9.13. The fourth-order valence-corrected chi connectivity index (χ4v) is 3.99. The number of carbonyl (C=O) groups excluding carboxylic acids is 1. The summed E-state index contributed by atoms with van der Waals surface area (Å²) in [5.74, 6) is -0.366. The summed E-state index contributed by atoms with van der Waals surface area (Å²) in [5, 5.41) is 18.1. The number of anilines is 1. The molecule has 0 saturated heterocycles. The van der Waals surface area contributed by atoms with Gasteiger partial charge in [0.25, 0.3) is 0 Å². The molecule has 8 heteroatoms. The van der Waals surface area contributed by atoms with Crippen molar-refractivity contribution in [1.82, 2.24) is 0 Å². The third-order valence-corrected chi connectivity index (χ3v) is 5.82. The zero-order chi connectivity index (χ0) is 25.5. The second-order valence-corrected chi connectivity index (χ2v) is 8.38. The lowest BCUT2D eigenvalue weighted by Gasteiger charge is -2.32. The van der Waals surface area contributed by atoms with Crippen LogP contribution in [0.1, 0.15) is 28.3 Å². The number of primary amides is 1. The molecule has 0 radical (unpaired) electrons. The summed E-state index contributed by atoms with van der Waals surface area (Å²) in [4.78, 5) is 14.8. The lowest BCUT2D eigenvalue weighted by atomic mass is 10.0. The van der Waals surface area contributed by atoms with Crippen LogP contribution >= 0.6 is 12.4 Å². The average Bonchev–Trinajstić information content (AvgIpc) is 2.89. The molecule has 0 aliphatic rings. The second kappa shape index (κ2) is 12.5. The minimum atomic E-state index is -0.854. The van der Waals surface area contributed by atoms with Crippen LogP contribution in [-0.4, -0.2) is 16.8 Å². The zero-order valence-corrected chi connectivity index (χ0v) is 20.9. The molecule has 1 atom stereocenters. The fraction of sp³-hybridized carbons (Fsp3) is 0.103. The molecule has 7 nitrogen and oxygen atoms in total. The van der Waals surface area contributed by atoms with Crippen molar-refractivity contribution in [3.05, 3.63) is 125 Å². The number of nitrogens with one attached hydrogen (secondary N) is 1. The number of nitrogens with zero attached hydrogens (tertiary/aromatic N) is 1. The van der Waals surface area contributed by atoms with Crippen molar-refractivity contribution >= 4 is 29.8 Å². The summed E-state index contributed by atoms with van der Waals surface area (Å²) in [7, 11) is 0. The van der Waals surface area contributed by atoms with E-state index in [1.54, 1.807) is 24.3 Å². The van der Waals surface area contributed by atoms with Crippen molar-refractivity contribution in [2.45, 2.75) is 19.2 Å². The Morgan fingerprint density at radius 3 is 2.03 bits per heavy atom. The zero-order valence-electron chi connectivity index (χ0n) is 20.1. The van der Waals surface area contributed by atoms with Crippen LogP contribution in [0.25, 0.3) is 0 Å². The van der Waals surface area contributed by atoms with Gasteiger partial charge in [-0.2, -0.15) is 0 Å². The van der Waals surface area contributed by atoms with Crippen LogP contribution in [0, 0.1) is 5.41 Å². The number of ether oxygens (including phenoxy) is 1. The molecule has 1 amide bonds. The minimum absolute atomic E-state index is 0. The van der Waals surface area contributed by atoms with Crippen molar-refractivity contribution in [1.29, 1.82) is 5.41 Å². The van der Waals surface area contributed by atoms with E-state index in [-0.39, 0.29) is 36.3 Å². The second-order valence-electron chi connectivity index (χ2n) is 8.38. The van der Waals surface area contributed by atoms with E-state index in [4.69, 9.17) is 21.6 Å². The Balaban J connectivity index is 0.00000380. The topological polar surface area (TPSA) is 126 Å². The SMILES string of the molecule is Cl.N=C(N)c1ccc(N(Cc2ccccc2)C(C(N)=O)c2ccc(O)c(OCc3ccccc3)c2)cc1. The number of phenolic OH excluding ortho intramolecular Hbond substituents is 1. The fourth-order valence-electron chi connectivity index (χ4n) is 3.99. The number of rotatable bonds is 10. The molecular formula is C29H29ClN4O3. The van der Waals surface area contributed by atoms with E-state index < -0.39 is 11.9 Å². The molecule has 1 unspecified atom stereocenters. The summed E-state index contributed by atoms with van der Waals surface area (Å²) in [6, 6.07) is 30.4. The van der Waals surface area contributed by atoms with Crippen molar-refractivity contribution in [3.63, 3.8) is 0 Å². The van der Waals surface area contributed by atoms with E-state index in [1.165, 1.54) is 6.07 Å². The van der Waals surface area contributed by atoms with E-state index in [0.29, 0.717) is 17.7 Å². The highest BCUT2D eigenvalue weighted by Crippen LogP contribution is 2.35. The molecule has 0 fully saturated rings. The number of hydrogen-bond donors (Lipinski definition) is 4. The van der Waals surface area contributed by atoms with Gasteiger partial charge in [0.15, 0.2) is 11.5 Å². The molecule has 190 valence electrons. The number of aromatic hydroxyl groups is 1. The van der Waals surface area contributed by atoms with Gasteiger partial charge in [-0.25, -0.2) is 0 Å². The maximum absolute atomic E-state index is 12.9. The minimum Gasteiger partial charge on any atom is -0.504 e. The largest absolute Gasteiger partial charge is 0.504 e. The normalized spacial score (nSPS) is 11.1. The van der Waals surface area contributed by atoms with Crippen molar-refractivity contribution in [3.8, 4) is 11.5 Å². The summed E-state index contributed by atoms with van der Waals surface area (Å²) in [5.41, 5.74) is 15.4. The molecule has 6 N–H and O–H groups in total. The van der Waals surface area contributed by atoms with E-state index >= 15 is 0 Å².